The van der Waals surface area contributed by atoms with E-state index >= 15 is 0 Å². The number of fused-ring (bicyclic) bond motifs is 1. The lowest BCUT2D eigenvalue weighted by atomic mass is 9.80. The van der Waals surface area contributed by atoms with Gasteiger partial charge in [0, 0.05) is 11.6 Å². The summed E-state index contributed by atoms with van der Waals surface area (Å²) in [6.07, 6.45) is 2.69. The van der Waals surface area contributed by atoms with Crippen molar-refractivity contribution in [3.8, 4) is 0 Å². The molecule has 0 fully saturated rings. The molecule has 1 aromatic carbocycles. The zero-order valence-corrected chi connectivity index (χ0v) is 11.1. The Kier molecular flexibility index (Phi) is 3.14. The van der Waals surface area contributed by atoms with Crippen molar-refractivity contribution in [3.05, 3.63) is 58.9 Å². The van der Waals surface area contributed by atoms with Crippen LogP contribution in [0.4, 0.5) is 0 Å². The molecule has 2 aliphatic rings. The van der Waals surface area contributed by atoms with Crippen LogP contribution in [-0.2, 0) is 19.1 Å². The Morgan fingerprint density at radius 3 is 2.70 bits per heavy atom. The first kappa shape index (κ1) is 12.7. The van der Waals surface area contributed by atoms with Crippen molar-refractivity contribution in [1.82, 2.24) is 0 Å². The van der Waals surface area contributed by atoms with Crippen molar-refractivity contribution in [2.75, 3.05) is 7.11 Å². The highest BCUT2D eigenvalue weighted by molar-refractivity contribution is 5.95. The first-order chi connectivity index (χ1) is 9.69. The molecule has 0 bridgehead atoms. The van der Waals surface area contributed by atoms with Crippen molar-refractivity contribution >= 4 is 11.9 Å². The van der Waals surface area contributed by atoms with Crippen LogP contribution in [0.3, 0.4) is 0 Å². The van der Waals surface area contributed by atoms with Crippen molar-refractivity contribution in [3.63, 3.8) is 0 Å². The fraction of sp³-hybridized carbons (Fsp3) is 0.250. The van der Waals surface area contributed by atoms with E-state index in [4.69, 9.17) is 9.47 Å². The number of hydrogen-bond donors (Lipinski definition) is 0. The monoisotopic (exact) mass is 270 g/mol. The average Bonchev–Trinajstić information content (AvgIpc) is 2.86. The summed E-state index contributed by atoms with van der Waals surface area (Å²) in [6.45, 7) is 0. The molecule has 1 atom stereocenters. The second-order valence-corrected chi connectivity index (χ2v) is 4.91. The summed E-state index contributed by atoms with van der Waals surface area (Å²) in [5, 5.41) is 0. The highest BCUT2D eigenvalue weighted by Crippen LogP contribution is 2.42. The zero-order valence-electron chi connectivity index (χ0n) is 11.1. The maximum Gasteiger partial charge on any atom is 0.337 e. The molecule has 4 heteroatoms. The lowest BCUT2D eigenvalue weighted by Gasteiger charge is -2.25. The molecule has 102 valence electrons. The number of allylic oxidation sites excluding steroid dienone is 1. The van der Waals surface area contributed by atoms with Gasteiger partial charge in [0.15, 0.2) is 0 Å². The number of ether oxygens (including phenoxy) is 2. The van der Waals surface area contributed by atoms with E-state index in [9.17, 15) is 9.59 Å². The zero-order chi connectivity index (χ0) is 14.1. The van der Waals surface area contributed by atoms with Gasteiger partial charge in [-0.25, -0.2) is 9.59 Å². The first-order valence-electron chi connectivity index (χ1n) is 6.48. The van der Waals surface area contributed by atoms with Gasteiger partial charge in [0.05, 0.1) is 12.7 Å². The number of esters is 2. The predicted octanol–water partition coefficient (Wildman–Crippen LogP) is 2.47. The number of hydrogen-bond acceptors (Lipinski definition) is 4. The van der Waals surface area contributed by atoms with E-state index in [1.54, 1.807) is 0 Å². The van der Waals surface area contributed by atoms with Crippen LogP contribution in [0.15, 0.2) is 53.3 Å². The molecule has 1 aromatic rings. The molecule has 0 radical (unpaired) electrons. The number of methoxy groups -OCH3 is 1. The largest absolute Gasteiger partial charge is 0.466 e. The number of carbonyl (C=O) groups is 2. The molecule has 0 amide bonds. The standard InChI is InChI=1S/C16H14O4/c1-19-16(18)13-8-11(10-5-3-2-4-6-10)7-12-9-14(17)20-15(12)13/h2-6,9,11H,7-8H2,1H3. The molecule has 20 heavy (non-hydrogen) atoms. The van der Waals surface area contributed by atoms with Crippen LogP contribution in [-0.4, -0.2) is 19.0 Å². The van der Waals surface area contributed by atoms with E-state index < -0.39 is 11.9 Å². The second kappa shape index (κ2) is 4.96. The SMILES string of the molecule is COC(=O)C1=C2OC(=O)C=C2CC(c2ccccc2)C1. The first-order valence-corrected chi connectivity index (χ1v) is 6.48. The maximum absolute atomic E-state index is 11.9. The molecule has 0 saturated carbocycles. The van der Waals surface area contributed by atoms with Crippen LogP contribution in [0.25, 0.3) is 0 Å². The Morgan fingerprint density at radius 1 is 1.25 bits per heavy atom. The van der Waals surface area contributed by atoms with Crippen molar-refractivity contribution in [1.29, 1.82) is 0 Å². The molecule has 4 nitrogen and oxygen atoms in total. The third-order valence-electron chi connectivity index (χ3n) is 3.68. The van der Waals surface area contributed by atoms with Gasteiger partial charge in [0.1, 0.15) is 5.76 Å². The van der Waals surface area contributed by atoms with Gasteiger partial charge in [-0.3, -0.25) is 0 Å². The van der Waals surface area contributed by atoms with E-state index in [1.165, 1.54) is 13.2 Å². The lowest BCUT2D eigenvalue weighted by molar-refractivity contribution is -0.137. The van der Waals surface area contributed by atoms with Gasteiger partial charge >= 0.3 is 11.9 Å². The third kappa shape index (κ3) is 2.13. The minimum absolute atomic E-state index is 0.162. The van der Waals surface area contributed by atoms with Gasteiger partial charge < -0.3 is 9.47 Å². The lowest BCUT2D eigenvalue weighted by Crippen LogP contribution is -2.18. The van der Waals surface area contributed by atoms with Gasteiger partial charge in [-0.05, 0) is 24.3 Å². The van der Waals surface area contributed by atoms with Crippen molar-refractivity contribution in [2.24, 2.45) is 0 Å². The van der Waals surface area contributed by atoms with Crippen LogP contribution >= 0.6 is 0 Å². The van der Waals surface area contributed by atoms with Gasteiger partial charge in [-0.15, -0.1) is 0 Å². The number of benzene rings is 1. The highest BCUT2D eigenvalue weighted by atomic mass is 16.5. The summed E-state index contributed by atoms with van der Waals surface area (Å²) in [7, 11) is 1.34. The van der Waals surface area contributed by atoms with E-state index in [0.29, 0.717) is 24.2 Å². The molecular weight excluding hydrogens is 256 g/mol. The van der Waals surface area contributed by atoms with Crippen molar-refractivity contribution < 1.29 is 19.1 Å². The molecule has 1 unspecified atom stereocenters. The maximum atomic E-state index is 11.9. The van der Waals surface area contributed by atoms with E-state index in [1.807, 2.05) is 30.3 Å². The molecular formula is C16H14O4. The molecule has 0 saturated heterocycles. The molecule has 1 aliphatic carbocycles. The van der Waals surface area contributed by atoms with E-state index in [2.05, 4.69) is 0 Å². The minimum Gasteiger partial charge on any atom is -0.466 e. The fourth-order valence-electron chi connectivity index (χ4n) is 2.75. The summed E-state index contributed by atoms with van der Waals surface area (Å²) in [5.74, 6) is -0.282. The summed E-state index contributed by atoms with van der Waals surface area (Å²) in [6, 6.07) is 9.95. The Bertz CT molecular complexity index is 625. The number of carbonyl (C=O) groups excluding carboxylic acids is 2. The summed E-state index contributed by atoms with van der Waals surface area (Å²) in [4.78, 5) is 23.3. The Balaban J connectivity index is 2.00. The van der Waals surface area contributed by atoms with Crippen molar-refractivity contribution in [2.45, 2.75) is 18.8 Å². The minimum atomic E-state index is -0.429. The van der Waals surface area contributed by atoms with Gasteiger partial charge in [0.25, 0.3) is 0 Å². The highest BCUT2D eigenvalue weighted by Gasteiger charge is 2.35. The third-order valence-corrected chi connectivity index (χ3v) is 3.68. The molecule has 0 N–H and O–H groups in total. The molecule has 0 aromatic heterocycles. The normalized spacial score (nSPS) is 21.1. The summed E-state index contributed by atoms with van der Waals surface area (Å²) < 4.78 is 9.93. The smallest absolute Gasteiger partial charge is 0.337 e. The average molecular weight is 270 g/mol. The molecule has 3 rings (SSSR count). The summed E-state index contributed by atoms with van der Waals surface area (Å²) in [5.41, 5.74) is 2.38. The topological polar surface area (TPSA) is 52.6 Å². The van der Waals surface area contributed by atoms with Gasteiger partial charge in [0.2, 0.25) is 0 Å². The van der Waals surface area contributed by atoms with Crippen LogP contribution in [0, 0.1) is 0 Å². The quantitative estimate of drug-likeness (QED) is 0.775. The van der Waals surface area contributed by atoms with Crippen LogP contribution in [0.5, 0.6) is 0 Å². The Morgan fingerprint density at radius 2 is 2.00 bits per heavy atom. The molecule has 1 aliphatic heterocycles. The van der Waals surface area contributed by atoms with E-state index in [-0.39, 0.29) is 5.92 Å². The predicted molar refractivity (Wildman–Crippen MR) is 71.6 cm³/mol. The summed E-state index contributed by atoms with van der Waals surface area (Å²) >= 11 is 0. The Hall–Kier alpha value is -2.36. The molecule has 0 spiro atoms. The van der Waals surface area contributed by atoms with E-state index in [0.717, 1.165) is 11.1 Å². The molecule has 1 heterocycles. The van der Waals surface area contributed by atoms with Gasteiger partial charge in [-0.1, -0.05) is 30.3 Å². The van der Waals surface area contributed by atoms with Crippen LogP contribution in [0.1, 0.15) is 24.3 Å². The fourth-order valence-corrected chi connectivity index (χ4v) is 2.75. The van der Waals surface area contributed by atoms with Crippen LogP contribution < -0.4 is 0 Å². The number of rotatable bonds is 2. The second-order valence-electron chi connectivity index (χ2n) is 4.91. The van der Waals surface area contributed by atoms with Gasteiger partial charge in [-0.2, -0.15) is 0 Å². The Labute approximate surface area is 116 Å². The van der Waals surface area contributed by atoms with Crippen LogP contribution in [0.2, 0.25) is 0 Å².